The molecule has 0 amide bonds. The van der Waals surface area contributed by atoms with E-state index in [4.69, 9.17) is 4.74 Å². The van der Waals surface area contributed by atoms with Gasteiger partial charge in [-0.25, -0.2) is 0 Å². The fourth-order valence-corrected chi connectivity index (χ4v) is 1.79. The molecule has 0 aliphatic carbocycles. The molecule has 0 saturated heterocycles. The van der Waals surface area contributed by atoms with E-state index in [9.17, 15) is 0 Å². The molecule has 0 aromatic heterocycles. The Morgan fingerprint density at radius 3 is 2.24 bits per heavy atom. The van der Waals surface area contributed by atoms with Crippen molar-refractivity contribution in [3.8, 4) is 11.5 Å². The lowest BCUT2D eigenvalue weighted by Gasteiger charge is -2.11. The average molecular weight is 226 g/mol. The van der Waals surface area contributed by atoms with Crippen molar-refractivity contribution < 1.29 is 4.74 Å². The molecule has 0 aliphatic heterocycles. The normalized spacial score (nSPS) is 10.6. The maximum absolute atomic E-state index is 5.85. The monoisotopic (exact) mass is 226 g/mol. The van der Waals surface area contributed by atoms with Crippen LogP contribution in [0.1, 0.15) is 30.9 Å². The SMILES string of the molecule is Cc1cc(Oc2ccccc2)cc(C(C)C)c1. The van der Waals surface area contributed by atoms with E-state index in [1.165, 1.54) is 11.1 Å². The van der Waals surface area contributed by atoms with Gasteiger partial charge in [-0.3, -0.25) is 0 Å². The molecule has 0 N–H and O–H groups in total. The van der Waals surface area contributed by atoms with Crippen LogP contribution in [0.25, 0.3) is 0 Å². The van der Waals surface area contributed by atoms with Crippen molar-refractivity contribution in [3.05, 3.63) is 59.7 Å². The van der Waals surface area contributed by atoms with Crippen molar-refractivity contribution in [2.24, 2.45) is 0 Å². The molecule has 2 aromatic carbocycles. The summed E-state index contributed by atoms with van der Waals surface area (Å²) < 4.78 is 5.85. The van der Waals surface area contributed by atoms with Crippen molar-refractivity contribution in [2.45, 2.75) is 26.7 Å². The van der Waals surface area contributed by atoms with Gasteiger partial charge in [0.2, 0.25) is 0 Å². The van der Waals surface area contributed by atoms with Gasteiger partial charge in [-0.15, -0.1) is 0 Å². The average Bonchev–Trinajstić information content (AvgIpc) is 2.29. The minimum atomic E-state index is 0.521. The zero-order chi connectivity index (χ0) is 12.3. The largest absolute Gasteiger partial charge is 0.457 e. The summed E-state index contributed by atoms with van der Waals surface area (Å²) in [5.74, 6) is 2.32. The third-order valence-electron chi connectivity index (χ3n) is 2.72. The van der Waals surface area contributed by atoms with Crippen molar-refractivity contribution in [1.29, 1.82) is 0 Å². The van der Waals surface area contributed by atoms with Gasteiger partial charge in [0.25, 0.3) is 0 Å². The Morgan fingerprint density at radius 2 is 1.59 bits per heavy atom. The van der Waals surface area contributed by atoms with E-state index >= 15 is 0 Å². The molecule has 1 heteroatoms. The number of ether oxygens (including phenoxy) is 1. The summed E-state index contributed by atoms with van der Waals surface area (Å²) in [4.78, 5) is 0. The quantitative estimate of drug-likeness (QED) is 0.722. The smallest absolute Gasteiger partial charge is 0.127 e. The molecule has 88 valence electrons. The van der Waals surface area contributed by atoms with Crippen molar-refractivity contribution in [1.82, 2.24) is 0 Å². The van der Waals surface area contributed by atoms with Crippen LogP contribution in [-0.4, -0.2) is 0 Å². The molecular formula is C16H18O. The molecule has 0 atom stereocenters. The number of benzene rings is 2. The first-order valence-electron chi connectivity index (χ1n) is 5.99. The Hall–Kier alpha value is -1.76. The van der Waals surface area contributed by atoms with Crippen LogP contribution in [0, 0.1) is 6.92 Å². The first kappa shape index (κ1) is 11.7. The van der Waals surface area contributed by atoms with E-state index in [0.29, 0.717) is 5.92 Å². The first-order chi connectivity index (χ1) is 8.15. The first-order valence-corrected chi connectivity index (χ1v) is 5.99. The number of hydrogen-bond donors (Lipinski definition) is 0. The fourth-order valence-electron chi connectivity index (χ4n) is 1.79. The highest BCUT2D eigenvalue weighted by Gasteiger charge is 2.04. The second-order valence-electron chi connectivity index (χ2n) is 4.65. The summed E-state index contributed by atoms with van der Waals surface area (Å²) >= 11 is 0. The van der Waals surface area contributed by atoms with E-state index in [2.05, 4.69) is 39.0 Å². The van der Waals surface area contributed by atoms with Gasteiger partial charge in [-0.2, -0.15) is 0 Å². The van der Waals surface area contributed by atoms with Crippen LogP contribution >= 0.6 is 0 Å². The molecule has 0 radical (unpaired) electrons. The van der Waals surface area contributed by atoms with Gasteiger partial charge in [-0.05, 0) is 48.2 Å². The lowest BCUT2D eigenvalue weighted by Crippen LogP contribution is -1.91. The van der Waals surface area contributed by atoms with Gasteiger partial charge in [-0.1, -0.05) is 38.1 Å². The van der Waals surface area contributed by atoms with Gasteiger partial charge in [0, 0.05) is 0 Å². The molecule has 2 rings (SSSR count). The predicted molar refractivity (Wildman–Crippen MR) is 71.8 cm³/mol. The zero-order valence-electron chi connectivity index (χ0n) is 10.6. The second kappa shape index (κ2) is 5.05. The molecule has 0 saturated carbocycles. The van der Waals surface area contributed by atoms with Crippen molar-refractivity contribution in [3.63, 3.8) is 0 Å². The number of para-hydroxylation sites is 1. The molecular weight excluding hydrogens is 208 g/mol. The summed E-state index contributed by atoms with van der Waals surface area (Å²) in [7, 11) is 0. The maximum atomic E-state index is 5.85. The molecule has 1 nitrogen and oxygen atoms in total. The Morgan fingerprint density at radius 1 is 0.882 bits per heavy atom. The van der Waals surface area contributed by atoms with E-state index < -0.39 is 0 Å². The zero-order valence-corrected chi connectivity index (χ0v) is 10.6. The summed E-state index contributed by atoms with van der Waals surface area (Å²) in [6, 6.07) is 16.3. The molecule has 17 heavy (non-hydrogen) atoms. The molecule has 0 heterocycles. The van der Waals surface area contributed by atoms with E-state index in [1.807, 2.05) is 30.3 Å². The van der Waals surface area contributed by atoms with Crippen LogP contribution < -0.4 is 4.74 Å². The molecule has 0 aliphatic rings. The molecule has 2 aromatic rings. The third kappa shape index (κ3) is 3.10. The second-order valence-corrected chi connectivity index (χ2v) is 4.65. The minimum absolute atomic E-state index is 0.521. The van der Waals surface area contributed by atoms with E-state index in [0.717, 1.165) is 11.5 Å². The van der Waals surface area contributed by atoms with E-state index in [-0.39, 0.29) is 0 Å². The summed E-state index contributed by atoms with van der Waals surface area (Å²) in [6.45, 7) is 6.49. The summed E-state index contributed by atoms with van der Waals surface area (Å²) in [5, 5.41) is 0. The van der Waals surface area contributed by atoms with Crippen LogP contribution in [0.5, 0.6) is 11.5 Å². The fraction of sp³-hybridized carbons (Fsp3) is 0.250. The maximum Gasteiger partial charge on any atom is 0.127 e. The van der Waals surface area contributed by atoms with Gasteiger partial charge in [0.05, 0.1) is 0 Å². The highest BCUT2D eigenvalue weighted by Crippen LogP contribution is 2.26. The van der Waals surface area contributed by atoms with Gasteiger partial charge in [0.15, 0.2) is 0 Å². The highest BCUT2D eigenvalue weighted by molar-refractivity contribution is 5.38. The number of rotatable bonds is 3. The molecule has 0 bridgehead atoms. The van der Waals surface area contributed by atoms with E-state index in [1.54, 1.807) is 0 Å². The molecule has 0 unspecified atom stereocenters. The predicted octanol–water partition coefficient (Wildman–Crippen LogP) is 4.91. The standard InChI is InChI=1S/C16H18O/c1-12(2)14-9-13(3)10-16(11-14)17-15-7-5-4-6-8-15/h4-12H,1-3H3. The van der Waals surface area contributed by atoms with Crippen molar-refractivity contribution >= 4 is 0 Å². The highest BCUT2D eigenvalue weighted by atomic mass is 16.5. The minimum Gasteiger partial charge on any atom is -0.457 e. The number of hydrogen-bond acceptors (Lipinski definition) is 1. The Bertz CT molecular complexity index is 486. The topological polar surface area (TPSA) is 9.23 Å². The van der Waals surface area contributed by atoms with Gasteiger partial charge >= 0.3 is 0 Å². The van der Waals surface area contributed by atoms with Crippen LogP contribution in [0.15, 0.2) is 48.5 Å². The Balaban J connectivity index is 2.27. The van der Waals surface area contributed by atoms with Crippen LogP contribution in [0.3, 0.4) is 0 Å². The lowest BCUT2D eigenvalue weighted by atomic mass is 10.0. The lowest BCUT2D eigenvalue weighted by molar-refractivity contribution is 0.481. The van der Waals surface area contributed by atoms with Crippen LogP contribution in [0.4, 0.5) is 0 Å². The Kier molecular flexibility index (Phi) is 3.48. The van der Waals surface area contributed by atoms with Crippen LogP contribution in [0.2, 0.25) is 0 Å². The van der Waals surface area contributed by atoms with Crippen molar-refractivity contribution in [2.75, 3.05) is 0 Å². The van der Waals surface area contributed by atoms with Gasteiger partial charge < -0.3 is 4.74 Å². The summed E-state index contributed by atoms with van der Waals surface area (Å²) in [5.41, 5.74) is 2.55. The van der Waals surface area contributed by atoms with Gasteiger partial charge in [0.1, 0.15) is 11.5 Å². The number of aryl methyl sites for hydroxylation is 1. The van der Waals surface area contributed by atoms with Crippen LogP contribution in [-0.2, 0) is 0 Å². The summed E-state index contributed by atoms with van der Waals surface area (Å²) in [6.07, 6.45) is 0. The third-order valence-corrected chi connectivity index (χ3v) is 2.72. The molecule has 0 fully saturated rings. The molecule has 0 spiro atoms. The Labute approximate surface area is 103 Å².